The molecule has 142 valence electrons. The summed E-state index contributed by atoms with van der Waals surface area (Å²) in [4.78, 5) is 17.8. The molecule has 2 rings (SSSR count). The Kier molecular flexibility index (Phi) is 11.7. The predicted molar refractivity (Wildman–Crippen MR) is 121 cm³/mol. The summed E-state index contributed by atoms with van der Waals surface area (Å²) in [5.74, 6) is 0.791. The number of benzene rings is 1. The smallest absolute Gasteiger partial charge is 0.251 e. The second kappa shape index (κ2) is 13.6. The molecule has 1 heterocycles. The molecule has 0 unspecified atom stereocenters. The number of rotatable bonds is 9. The van der Waals surface area contributed by atoms with E-state index in [1.807, 2.05) is 30.3 Å². The van der Waals surface area contributed by atoms with Crippen LogP contribution in [0.5, 0.6) is 0 Å². The van der Waals surface area contributed by atoms with Crippen LogP contribution in [0.2, 0.25) is 0 Å². The van der Waals surface area contributed by atoms with E-state index in [1.54, 1.807) is 11.3 Å². The van der Waals surface area contributed by atoms with Crippen molar-refractivity contribution < 1.29 is 4.79 Å². The van der Waals surface area contributed by atoms with Crippen molar-refractivity contribution in [3.05, 3.63) is 58.3 Å². The fourth-order valence-corrected chi connectivity index (χ4v) is 2.97. The molecule has 1 aromatic carbocycles. The molecule has 0 fully saturated rings. The van der Waals surface area contributed by atoms with E-state index in [0.29, 0.717) is 18.7 Å². The zero-order valence-electron chi connectivity index (χ0n) is 15.0. The van der Waals surface area contributed by atoms with E-state index >= 15 is 0 Å². The zero-order valence-corrected chi connectivity index (χ0v) is 18.2. The third-order valence-corrected chi connectivity index (χ3v) is 4.45. The van der Waals surface area contributed by atoms with E-state index in [-0.39, 0.29) is 29.9 Å². The van der Waals surface area contributed by atoms with Crippen molar-refractivity contribution >= 4 is 47.2 Å². The molecular weight excluding hydrogens is 459 g/mol. The van der Waals surface area contributed by atoms with E-state index in [9.17, 15) is 4.79 Å². The third-order valence-electron chi connectivity index (χ3n) is 3.51. The Morgan fingerprint density at radius 3 is 2.54 bits per heavy atom. The molecule has 0 radical (unpaired) electrons. The first-order chi connectivity index (χ1) is 12.3. The SMILES string of the molecule is CCNC(=NCCCNC(=O)c1ccccc1)NCCc1cccs1.I. The van der Waals surface area contributed by atoms with Gasteiger partial charge in [-0.25, -0.2) is 0 Å². The average molecular weight is 486 g/mol. The highest BCUT2D eigenvalue weighted by molar-refractivity contribution is 14.0. The van der Waals surface area contributed by atoms with Crippen LogP contribution in [0.4, 0.5) is 0 Å². The Hall–Kier alpha value is -1.61. The van der Waals surface area contributed by atoms with Gasteiger partial charge < -0.3 is 16.0 Å². The predicted octanol–water partition coefficient (Wildman–Crippen LogP) is 3.28. The maximum atomic E-state index is 11.9. The lowest BCUT2D eigenvalue weighted by molar-refractivity contribution is 0.0953. The molecule has 0 bridgehead atoms. The number of thiophene rings is 1. The number of guanidine groups is 1. The lowest BCUT2D eigenvalue weighted by Crippen LogP contribution is -2.38. The molecule has 7 heteroatoms. The fraction of sp³-hybridized carbons (Fsp3) is 0.368. The first kappa shape index (κ1) is 22.4. The zero-order chi connectivity index (χ0) is 17.7. The van der Waals surface area contributed by atoms with Crippen LogP contribution in [-0.2, 0) is 6.42 Å². The molecule has 0 spiro atoms. The molecule has 0 saturated heterocycles. The third kappa shape index (κ3) is 8.66. The molecule has 3 N–H and O–H groups in total. The van der Waals surface area contributed by atoms with Crippen LogP contribution < -0.4 is 16.0 Å². The highest BCUT2D eigenvalue weighted by Crippen LogP contribution is 2.07. The molecular formula is C19H27IN4OS. The maximum absolute atomic E-state index is 11.9. The second-order valence-electron chi connectivity index (χ2n) is 5.49. The van der Waals surface area contributed by atoms with Crippen LogP contribution in [0.15, 0.2) is 52.8 Å². The van der Waals surface area contributed by atoms with Gasteiger partial charge in [-0.3, -0.25) is 9.79 Å². The van der Waals surface area contributed by atoms with E-state index in [0.717, 1.165) is 31.9 Å². The molecule has 26 heavy (non-hydrogen) atoms. The number of amides is 1. The highest BCUT2D eigenvalue weighted by Gasteiger charge is 2.03. The summed E-state index contributed by atoms with van der Waals surface area (Å²) in [6.07, 6.45) is 1.80. The lowest BCUT2D eigenvalue weighted by atomic mass is 10.2. The number of nitrogens with zero attached hydrogens (tertiary/aromatic N) is 1. The largest absolute Gasteiger partial charge is 0.357 e. The number of hydrogen-bond donors (Lipinski definition) is 3. The summed E-state index contributed by atoms with van der Waals surface area (Å²) < 4.78 is 0. The Morgan fingerprint density at radius 1 is 1.04 bits per heavy atom. The summed E-state index contributed by atoms with van der Waals surface area (Å²) in [6.45, 7) is 5.03. The normalized spacial score (nSPS) is 10.7. The molecule has 2 aromatic rings. The number of carbonyl (C=O) groups is 1. The van der Waals surface area contributed by atoms with Gasteiger partial charge in [-0.1, -0.05) is 24.3 Å². The lowest BCUT2D eigenvalue weighted by Gasteiger charge is -2.11. The Balaban J connectivity index is 0.00000338. The van der Waals surface area contributed by atoms with Crippen molar-refractivity contribution in [2.24, 2.45) is 4.99 Å². The summed E-state index contributed by atoms with van der Waals surface area (Å²) >= 11 is 1.77. The molecule has 1 aromatic heterocycles. The van der Waals surface area contributed by atoms with Crippen molar-refractivity contribution in [2.75, 3.05) is 26.2 Å². The monoisotopic (exact) mass is 486 g/mol. The quantitative estimate of drug-likeness (QED) is 0.221. The van der Waals surface area contributed by atoms with Gasteiger partial charge in [-0.05, 0) is 43.3 Å². The van der Waals surface area contributed by atoms with Gasteiger partial charge in [-0.15, -0.1) is 35.3 Å². The van der Waals surface area contributed by atoms with E-state index in [2.05, 4.69) is 45.4 Å². The van der Waals surface area contributed by atoms with Gasteiger partial charge in [0.05, 0.1) is 0 Å². The first-order valence-corrected chi connectivity index (χ1v) is 9.55. The molecule has 5 nitrogen and oxygen atoms in total. The number of halogens is 1. The highest BCUT2D eigenvalue weighted by atomic mass is 127. The van der Waals surface area contributed by atoms with E-state index < -0.39 is 0 Å². The Morgan fingerprint density at radius 2 is 1.85 bits per heavy atom. The molecule has 0 aliphatic rings. The minimum absolute atomic E-state index is 0. The molecule has 0 aliphatic carbocycles. The summed E-state index contributed by atoms with van der Waals surface area (Å²) in [5, 5.41) is 11.6. The van der Waals surface area contributed by atoms with Gasteiger partial charge >= 0.3 is 0 Å². The van der Waals surface area contributed by atoms with Gasteiger partial charge in [0.15, 0.2) is 5.96 Å². The fourth-order valence-electron chi connectivity index (χ4n) is 2.26. The molecule has 0 saturated carbocycles. The minimum atomic E-state index is -0.0365. The van der Waals surface area contributed by atoms with Crippen LogP contribution >= 0.6 is 35.3 Å². The first-order valence-electron chi connectivity index (χ1n) is 8.67. The number of nitrogens with one attached hydrogen (secondary N) is 3. The van der Waals surface area contributed by atoms with Gasteiger partial charge in [0.25, 0.3) is 5.91 Å². The van der Waals surface area contributed by atoms with Gasteiger partial charge in [0.1, 0.15) is 0 Å². The van der Waals surface area contributed by atoms with Gasteiger partial charge in [0, 0.05) is 36.6 Å². The topological polar surface area (TPSA) is 65.5 Å². The number of carbonyl (C=O) groups excluding carboxylic acids is 1. The molecule has 0 atom stereocenters. The summed E-state index contributed by atoms with van der Waals surface area (Å²) in [6, 6.07) is 13.5. The number of hydrogen-bond acceptors (Lipinski definition) is 3. The van der Waals surface area contributed by atoms with Crippen molar-refractivity contribution in [2.45, 2.75) is 19.8 Å². The van der Waals surface area contributed by atoms with E-state index in [4.69, 9.17) is 0 Å². The van der Waals surface area contributed by atoms with Crippen molar-refractivity contribution in [3.63, 3.8) is 0 Å². The van der Waals surface area contributed by atoms with Crippen molar-refractivity contribution in [3.8, 4) is 0 Å². The standard InChI is InChI=1S/C19H26N4OS.HI/c1-2-20-19(23-14-11-17-10-6-15-25-17)22-13-7-12-21-18(24)16-8-4-3-5-9-16;/h3-6,8-10,15H,2,7,11-14H2,1H3,(H,21,24)(H2,20,22,23);1H. The van der Waals surface area contributed by atoms with Crippen LogP contribution in [0.1, 0.15) is 28.6 Å². The van der Waals surface area contributed by atoms with Crippen LogP contribution in [0.25, 0.3) is 0 Å². The number of aliphatic imine (C=N–C) groups is 1. The second-order valence-corrected chi connectivity index (χ2v) is 6.52. The van der Waals surface area contributed by atoms with Crippen molar-refractivity contribution in [1.82, 2.24) is 16.0 Å². The van der Waals surface area contributed by atoms with Crippen LogP contribution in [0, 0.1) is 0 Å². The Labute approximate surface area is 176 Å². The van der Waals surface area contributed by atoms with Crippen LogP contribution in [-0.4, -0.2) is 38.0 Å². The summed E-state index contributed by atoms with van der Waals surface area (Å²) in [5.41, 5.74) is 0.689. The molecule has 1 amide bonds. The van der Waals surface area contributed by atoms with Gasteiger partial charge in [0.2, 0.25) is 0 Å². The molecule has 0 aliphatic heterocycles. The van der Waals surface area contributed by atoms with Crippen molar-refractivity contribution in [1.29, 1.82) is 0 Å². The minimum Gasteiger partial charge on any atom is -0.357 e. The van der Waals surface area contributed by atoms with Crippen LogP contribution in [0.3, 0.4) is 0 Å². The van der Waals surface area contributed by atoms with Gasteiger partial charge in [-0.2, -0.15) is 0 Å². The Bertz CT molecular complexity index is 647. The van der Waals surface area contributed by atoms with E-state index in [1.165, 1.54) is 4.88 Å². The summed E-state index contributed by atoms with van der Waals surface area (Å²) in [7, 11) is 0. The maximum Gasteiger partial charge on any atom is 0.251 e. The average Bonchev–Trinajstić information content (AvgIpc) is 3.15.